The van der Waals surface area contributed by atoms with Crippen molar-refractivity contribution in [2.24, 2.45) is 0 Å². The van der Waals surface area contributed by atoms with Gasteiger partial charge in [-0.25, -0.2) is 4.98 Å². The van der Waals surface area contributed by atoms with E-state index in [2.05, 4.69) is 14.9 Å². The van der Waals surface area contributed by atoms with Crippen molar-refractivity contribution in [3.8, 4) is 0 Å². The Labute approximate surface area is 109 Å². The van der Waals surface area contributed by atoms with Crippen LogP contribution in [0.25, 0.3) is 0 Å². The molecule has 0 aliphatic carbocycles. The van der Waals surface area contributed by atoms with Gasteiger partial charge in [0.1, 0.15) is 16.5 Å². The zero-order chi connectivity index (χ0) is 12.5. The lowest BCUT2D eigenvalue weighted by Crippen LogP contribution is -2.18. The third-order valence-electron chi connectivity index (χ3n) is 3.11. The molecule has 2 aromatic heterocycles. The highest BCUT2D eigenvalue weighted by Crippen LogP contribution is 2.23. The third-order valence-corrected chi connectivity index (χ3v) is 4.04. The van der Waals surface area contributed by atoms with Crippen LogP contribution >= 0.6 is 11.3 Å². The van der Waals surface area contributed by atoms with Crippen LogP contribution < -0.4 is 11.1 Å². The second kappa shape index (κ2) is 4.45. The van der Waals surface area contributed by atoms with E-state index < -0.39 is 0 Å². The van der Waals surface area contributed by atoms with Crippen molar-refractivity contribution in [3.63, 3.8) is 0 Å². The highest BCUT2D eigenvalue weighted by Gasteiger charge is 2.17. The Balaban J connectivity index is 1.83. The summed E-state index contributed by atoms with van der Waals surface area (Å²) >= 11 is 1.35. The molecule has 18 heavy (non-hydrogen) atoms. The molecule has 0 radical (unpaired) electrons. The van der Waals surface area contributed by atoms with Crippen LogP contribution in [0, 0.1) is 0 Å². The van der Waals surface area contributed by atoms with Gasteiger partial charge in [-0.2, -0.15) is 0 Å². The number of carbonyl (C=O) groups excluding carboxylic acids is 1. The molecular weight excluding hydrogens is 248 g/mol. The summed E-state index contributed by atoms with van der Waals surface area (Å²) in [5, 5.41) is 4.70. The molecular formula is C12H14N4OS. The zero-order valence-electron chi connectivity index (χ0n) is 9.85. The summed E-state index contributed by atoms with van der Waals surface area (Å²) in [6.07, 6.45) is 5.01. The average molecular weight is 262 g/mol. The highest BCUT2D eigenvalue weighted by molar-refractivity contribution is 7.12. The number of nitrogens with one attached hydrogen (secondary N) is 1. The lowest BCUT2D eigenvalue weighted by atomic mass is 10.2. The molecule has 0 aromatic carbocycles. The number of imidazole rings is 1. The second-order valence-electron chi connectivity index (χ2n) is 4.33. The minimum Gasteiger partial charge on any atom is -0.397 e. The minimum atomic E-state index is -0.157. The number of nitrogens with two attached hydrogens (primary N) is 1. The molecule has 1 aliphatic rings. The van der Waals surface area contributed by atoms with Crippen LogP contribution in [0.3, 0.4) is 0 Å². The van der Waals surface area contributed by atoms with E-state index in [4.69, 9.17) is 5.73 Å². The standard InChI is InChI=1S/C12H14N4OS/c13-8-4-6-18-11(8)12(17)15-10-7-14-9-3-1-2-5-16(9)10/h4,6-7H,1-3,5,13H2,(H,15,17). The first-order valence-corrected chi connectivity index (χ1v) is 6.82. The zero-order valence-corrected chi connectivity index (χ0v) is 10.7. The smallest absolute Gasteiger partial charge is 0.269 e. The Kier molecular flexibility index (Phi) is 2.79. The number of rotatable bonds is 2. The van der Waals surface area contributed by atoms with Gasteiger partial charge in [-0.1, -0.05) is 0 Å². The van der Waals surface area contributed by atoms with Crippen LogP contribution in [0.1, 0.15) is 28.3 Å². The molecule has 0 spiro atoms. The fraction of sp³-hybridized carbons (Fsp3) is 0.333. The number of amides is 1. The fourth-order valence-electron chi connectivity index (χ4n) is 2.19. The highest BCUT2D eigenvalue weighted by atomic mass is 32.1. The largest absolute Gasteiger partial charge is 0.397 e. The summed E-state index contributed by atoms with van der Waals surface area (Å²) in [6.45, 7) is 0.921. The van der Waals surface area contributed by atoms with Crippen molar-refractivity contribution in [2.45, 2.75) is 25.8 Å². The molecule has 2 aromatic rings. The van der Waals surface area contributed by atoms with E-state index in [1.807, 2.05) is 5.38 Å². The minimum absolute atomic E-state index is 0.157. The van der Waals surface area contributed by atoms with Crippen LogP contribution in [-0.2, 0) is 13.0 Å². The number of anilines is 2. The number of aryl methyl sites for hydroxylation is 1. The number of aromatic nitrogens is 2. The third kappa shape index (κ3) is 1.88. The number of fused-ring (bicyclic) bond motifs is 1. The first kappa shape index (κ1) is 11.3. The van der Waals surface area contributed by atoms with E-state index in [9.17, 15) is 4.79 Å². The number of hydrogen-bond donors (Lipinski definition) is 2. The van der Waals surface area contributed by atoms with Gasteiger partial charge in [0.2, 0.25) is 0 Å². The Morgan fingerprint density at radius 3 is 3.17 bits per heavy atom. The maximum atomic E-state index is 12.1. The maximum Gasteiger partial charge on any atom is 0.269 e. The van der Waals surface area contributed by atoms with Gasteiger partial charge in [0.15, 0.2) is 0 Å². The van der Waals surface area contributed by atoms with Crippen LogP contribution in [0.4, 0.5) is 11.5 Å². The molecule has 1 aliphatic heterocycles. The van der Waals surface area contributed by atoms with Crippen molar-refractivity contribution >= 4 is 28.7 Å². The molecule has 3 N–H and O–H groups in total. The van der Waals surface area contributed by atoms with E-state index in [1.165, 1.54) is 17.8 Å². The quantitative estimate of drug-likeness (QED) is 0.870. The fourth-order valence-corrected chi connectivity index (χ4v) is 2.91. The molecule has 1 amide bonds. The molecule has 6 heteroatoms. The van der Waals surface area contributed by atoms with Crippen molar-refractivity contribution < 1.29 is 4.79 Å². The van der Waals surface area contributed by atoms with Crippen molar-refractivity contribution in [1.29, 1.82) is 0 Å². The summed E-state index contributed by atoms with van der Waals surface area (Å²) in [6, 6.07) is 1.74. The Morgan fingerprint density at radius 1 is 1.50 bits per heavy atom. The number of thiophene rings is 1. The predicted octanol–water partition coefficient (Wildman–Crippen LogP) is 2.12. The van der Waals surface area contributed by atoms with Crippen LogP contribution in [0.15, 0.2) is 17.6 Å². The van der Waals surface area contributed by atoms with E-state index in [1.54, 1.807) is 12.3 Å². The van der Waals surface area contributed by atoms with E-state index >= 15 is 0 Å². The van der Waals surface area contributed by atoms with Crippen LogP contribution in [0.2, 0.25) is 0 Å². The predicted molar refractivity (Wildman–Crippen MR) is 71.8 cm³/mol. The summed E-state index contributed by atoms with van der Waals surface area (Å²) in [5.74, 6) is 1.66. The van der Waals surface area contributed by atoms with Gasteiger partial charge in [-0.05, 0) is 24.3 Å². The normalized spacial score (nSPS) is 14.2. The summed E-state index contributed by atoms with van der Waals surface area (Å²) < 4.78 is 2.07. The molecule has 0 bridgehead atoms. The van der Waals surface area contributed by atoms with Crippen LogP contribution in [-0.4, -0.2) is 15.5 Å². The van der Waals surface area contributed by atoms with E-state index in [-0.39, 0.29) is 5.91 Å². The van der Waals surface area contributed by atoms with Gasteiger partial charge in [0, 0.05) is 13.0 Å². The summed E-state index contributed by atoms with van der Waals surface area (Å²) in [4.78, 5) is 16.9. The summed E-state index contributed by atoms with van der Waals surface area (Å²) in [5.41, 5.74) is 6.26. The molecule has 5 nitrogen and oxygen atoms in total. The second-order valence-corrected chi connectivity index (χ2v) is 5.24. The van der Waals surface area contributed by atoms with Crippen molar-refractivity contribution in [1.82, 2.24) is 9.55 Å². The summed E-state index contributed by atoms with van der Waals surface area (Å²) in [7, 11) is 0. The van der Waals surface area contributed by atoms with Crippen LogP contribution in [0.5, 0.6) is 0 Å². The number of nitrogen functional groups attached to an aromatic ring is 1. The molecule has 0 saturated carbocycles. The Hall–Kier alpha value is -1.82. The monoisotopic (exact) mass is 262 g/mol. The molecule has 0 unspecified atom stereocenters. The molecule has 0 saturated heterocycles. The number of nitrogens with zero attached hydrogens (tertiary/aromatic N) is 2. The first-order valence-electron chi connectivity index (χ1n) is 5.94. The van der Waals surface area contributed by atoms with Gasteiger partial charge in [0.25, 0.3) is 5.91 Å². The SMILES string of the molecule is Nc1ccsc1C(=O)Nc1cnc2n1CCCC2. The first-order chi connectivity index (χ1) is 8.75. The average Bonchev–Trinajstić information content (AvgIpc) is 2.97. The maximum absolute atomic E-state index is 12.1. The number of carbonyl (C=O) groups is 1. The Bertz CT molecular complexity index is 587. The van der Waals surface area contributed by atoms with Crippen molar-refractivity contribution in [3.05, 3.63) is 28.3 Å². The van der Waals surface area contributed by atoms with Gasteiger partial charge in [-0.15, -0.1) is 11.3 Å². The van der Waals surface area contributed by atoms with E-state index in [0.717, 1.165) is 31.0 Å². The van der Waals surface area contributed by atoms with Gasteiger partial charge >= 0.3 is 0 Å². The van der Waals surface area contributed by atoms with Gasteiger partial charge in [-0.3, -0.25) is 4.79 Å². The lowest BCUT2D eigenvalue weighted by molar-refractivity contribution is 0.103. The molecule has 0 fully saturated rings. The number of hydrogen-bond acceptors (Lipinski definition) is 4. The van der Waals surface area contributed by atoms with Crippen molar-refractivity contribution in [2.75, 3.05) is 11.1 Å². The molecule has 3 heterocycles. The molecule has 0 atom stereocenters. The Morgan fingerprint density at radius 2 is 2.39 bits per heavy atom. The lowest BCUT2D eigenvalue weighted by Gasteiger charge is -2.16. The van der Waals surface area contributed by atoms with Gasteiger partial charge in [0.05, 0.1) is 11.9 Å². The van der Waals surface area contributed by atoms with Gasteiger partial charge < -0.3 is 15.6 Å². The van der Waals surface area contributed by atoms with E-state index in [0.29, 0.717) is 10.6 Å². The molecule has 94 valence electrons. The topological polar surface area (TPSA) is 72.9 Å². The molecule has 3 rings (SSSR count).